The molecule has 9 heteroatoms. The Morgan fingerprint density at radius 1 is 1.33 bits per heavy atom. The number of benzene rings is 1. The standard InChI is InChI=1S/C15H13F2N5OS/c1-8(13-21-18-7-22(13)2)19-14(23)11-6-24-15(20-11)12-9(16)4-3-5-10(12)17/h3-8H,1-2H3,(H,19,23)/t8-/m0/s1. The van der Waals surface area contributed by atoms with Crippen LogP contribution in [0.3, 0.4) is 0 Å². The Balaban J connectivity index is 1.81. The average Bonchev–Trinajstić information content (AvgIpc) is 3.16. The Kier molecular flexibility index (Phi) is 4.34. The summed E-state index contributed by atoms with van der Waals surface area (Å²) in [4.78, 5) is 16.3. The Labute approximate surface area is 140 Å². The van der Waals surface area contributed by atoms with Crippen LogP contribution in [0.2, 0.25) is 0 Å². The molecule has 0 aliphatic heterocycles. The largest absolute Gasteiger partial charge is 0.341 e. The highest BCUT2D eigenvalue weighted by atomic mass is 32.1. The van der Waals surface area contributed by atoms with Crippen molar-refractivity contribution in [2.45, 2.75) is 13.0 Å². The molecule has 0 spiro atoms. The van der Waals surface area contributed by atoms with Crippen molar-refractivity contribution < 1.29 is 13.6 Å². The zero-order valence-corrected chi connectivity index (χ0v) is 13.6. The molecule has 0 aliphatic rings. The third kappa shape index (κ3) is 3.02. The lowest BCUT2D eigenvalue weighted by molar-refractivity contribution is 0.0933. The summed E-state index contributed by atoms with van der Waals surface area (Å²) >= 11 is 1.00. The molecule has 1 amide bonds. The minimum Gasteiger partial charge on any atom is -0.341 e. The number of nitrogens with zero attached hydrogens (tertiary/aromatic N) is 4. The van der Waals surface area contributed by atoms with Crippen molar-refractivity contribution in [3.8, 4) is 10.6 Å². The molecule has 0 radical (unpaired) electrons. The van der Waals surface area contributed by atoms with Gasteiger partial charge in [-0.3, -0.25) is 4.79 Å². The monoisotopic (exact) mass is 349 g/mol. The van der Waals surface area contributed by atoms with Gasteiger partial charge in [-0.05, 0) is 19.1 Å². The molecule has 1 aromatic carbocycles. The molecule has 124 valence electrons. The van der Waals surface area contributed by atoms with Gasteiger partial charge in [0.15, 0.2) is 5.82 Å². The fourth-order valence-corrected chi connectivity index (χ4v) is 3.06. The van der Waals surface area contributed by atoms with Crippen molar-refractivity contribution in [2.75, 3.05) is 0 Å². The quantitative estimate of drug-likeness (QED) is 0.786. The predicted octanol–water partition coefficient (Wildman–Crippen LogP) is 2.71. The fraction of sp³-hybridized carbons (Fsp3) is 0.200. The molecule has 0 bridgehead atoms. The number of hydrogen-bond donors (Lipinski definition) is 1. The SMILES string of the molecule is C[C@H](NC(=O)c1csc(-c2c(F)cccc2F)n1)c1nncn1C. The summed E-state index contributed by atoms with van der Waals surface area (Å²) in [6, 6.07) is 3.18. The van der Waals surface area contributed by atoms with E-state index in [1.165, 1.54) is 17.8 Å². The van der Waals surface area contributed by atoms with Crippen LogP contribution in [0.4, 0.5) is 8.78 Å². The van der Waals surface area contributed by atoms with E-state index in [1.54, 1.807) is 18.5 Å². The van der Waals surface area contributed by atoms with E-state index in [0.29, 0.717) is 5.82 Å². The van der Waals surface area contributed by atoms with Gasteiger partial charge in [-0.25, -0.2) is 13.8 Å². The topological polar surface area (TPSA) is 72.7 Å². The van der Waals surface area contributed by atoms with E-state index >= 15 is 0 Å². The molecule has 6 nitrogen and oxygen atoms in total. The van der Waals surface area contributed by atoms with E-state index in [1.807, 2.05) is 0 Å². The number of aryl methyl sites for hydroxylation is 1. The lowest BCUT2D eigenvalue weighted by Gasteiger charge is -2.11. The summed E-state index contributed by atoms with van der Waals surface area (Å²) < 4.78 is 29.3. The summed E-state index contributed by atoms with van der Waals surface area (Å²) in [7, 11) is 1.76. The zero-order chi connectivity index (χ0) is 17.3. The first kappa shape index (κ1) is 16.2. The second-order valence-electron chi connectivity index (χ2n) is 5.13. The Morgan fingerprint density at radius 3 is 2.67 bits per heavy atom. The lowest BCUT2D eigenvalue weighted by atomic mass is 10.2. The van der Waals surface area contributed by atoms with E-state index < -0.39 is 17.5 Å². The highest BCUT2D eigenvalue weighted by Gasteiger charge is 2.20. The molecule has 3 rings (SSSR count). The first-order chi connectivity index (χ1) is 11.5. The maximum atomic E-state index is 13.8. The Bertz CT molecular complexity index is 871. The van der Waals surface area contributed by atoms with Crippen molar-refractivity contribution in [3.63, 3.8) is 0 Å². The molecule has 2 heterocycles. The predicted molar refractivity (Wildman–Crippen MR) is 84.4 cm³/mol. The number of rotatable bonds is 4. The average molecular weight is 349 g/mol. The first-order valence-electron chi connectivity index (χ1n) is 7.02. The normalized spacial score (nSPS) is 12.2. The van der Waals surface area contributed by atoms with Crippen LogP contribution in [0.1, 0.15) is 29.3 Å². The molecule has 24 heavy (non-hydrogen) atoms. The van der Waals surface area contributed by atoms with Crippen LogP contribution in [0.5, 0.6) is 0 Å². The maximum absolute atomic E-state index is 13.8. The molecule has 0 fully saturated rings. The van der Waals surface area contributed by atoms with Gasteiger partial charge in [0.05, 0.1) is 11.6 Å². The van der Waals surface area contributed by atoms with Gasteiger partial charge >= 0.3 is 0 Å². The van der Waals surface area contributed by atoms with Crippen molar-refractivity contribution >= 4 is 17.2 Å². The minimum absolute atomic E-state index is 0.0895. The van der Waals surface area contributed by atoms with Crippen molar-refractivity contribution in [1.82, 2.24) is 25.1 Å². The van der Waals surface area contributed by atoms with Gasteiger partial charge in [-0.15, -0.1) is 21.5 Å². The van der Waals surface area contributed by atoms with Crippen LogP contribution in [-0.4, -0.2) is 25.7 Å². The number of nitrogens with one attached hydrogen (secondary N) is 1. The maximum Gasteiger partial charge on any atom is 0.271 e. The molecule has 3 aromatic rings. The second-order valence-corrected chi connectivity index (χ2v) is 5.99. The number of carbonyl (C=O) groups excluding carboxylic acids is 1. The summed E-state index contributed by atoms with van der Waals surface area (Å²) in [5.41, 5.74) is -0.144. The van der Waals surface area contributed by atoms with Crippen LogP contribution < -0.4 is 5.32 Å². The van der Waals surface area contributed by atoms with Crippen molar-refractivity contribution in [3.05, 3.63) is 53.1 Å². The van der Waals surface area contributed by atoms with Gasteiger partial charge in [0.1, 0.15) is 28.7 Å². The third-order valence-corrected chi connectivity index (χ3v) is 4.25. The summed E-state index contributed by atoms with van der Waals surface area (Å²) in [6.45, 7) is 1.76. The number of aromatic nitrogens is 4. The zero-order valence-electron chi connectivity index (χ0n) is 12.8. The van der Waals surface area contributed by atoms with Gasteiger partial charge in [0.25, 0.3) is 5.91 Å². The van der Waals surface area contributed by atoms with Crippen molar-refractivity contribution in [1.29, 1.82) is 0 Å². The first-order valence-corrected chi connectivity index (χ1v) is 7.90. The van der Waals surface area contributed by atoms with Gasteiger partial charge < -0.3 is 9.88 Å². The minimum atomic E-state index is -0.719. The van der Waals surface area contributed by atoms with Crippen LogP contribution in [-0.2, 0) is 7.05 Å². The molecule has 1 atom stereocenters. The number of thiazole rings is 1. The van der Waals surface area contributed by atoms with Gasteiger partial charge in [0, 0.05) is 12.4 Å². The van der Waals surface area contributed by atoms with Gasteiger partial charge in [-0.1, -0.05) is 6.07 Å². The lowest BCUT2D eigenvalue weighted by Crippen LogP contribution is -2.28. The summed E-state index contributed by atoms with van der Waals surface area (Å²) in [5.74, 6) is -1.31. The van der Waals surface area contributed by atoms with Crippen LogP contribution >= 0.6 is 11.3 Å². The third-order valence-electron chi connectivity index (χ3n) is 3.39. The van der Waals surface area contributed by atoms with Gasteiger partial charge in [0.2, 0.25) is 0 Å². The molecular weight excluding hydrogens is 336 g/mol. The Hall–Kier alpha value is -2.68. The van der Waals surface area contributed by atoms with E-state index in [0.717, 1.165) is 23.5 Å². The highest BCUT2D eigenvalue weighted by molar-refractivity contribution is 7.13. The summed E-state index contributed by atoms with van der Waals surface area (Å²) in [5, 5.41) is 12.0. The molecule has 0 saturated carbocycles. The van der Waals surface area contributed by atoms with Crippen LogP contribution in [0.15, 0.2) is 29.9 Å². The number of carbonyl (C=O) groups is 1. The van der Waals surface area contributed by atoms with E-state index in [2.05, 4.69) is 20.5 Å². The number of halogens is 2. The van der Waals surface area contributed by atoms with E-state index in [4.69, 9.17) is 0 Å². The number of hydrogen-bond acceptors (Lipinski definition) is 5. The van der Waals surface area contributed by atoms with E-state index in [-0.39, 0.29) is 22.3 Å². The summed E-state index contributed by atoms with van der Waals surface area (Å²) in [6.07, 6.45) is 1.53. The molecule has 1 N–H and O–H groups in total. The van der Waals surface area contributed by atoms with Gasteiger partial charge in [-0.2, -0.15) is 0 Å². The molecule has 0 unspecified atom stereocenters. The van der Waals surface area contributed by atoms with E-state index in [9.17, 15) is 13.6 Å². The number of amides is 1. The second kappa shape index (κ2) is 6.44. The van der Waals surface area contributed by atoms with Crippen LogP contribution in [0.25, 0.3) is 10.6 Å². The fourth-order valence-electron chi connectivity index (χ4n) is 2.21. The molecule has 0 aliphatic carbocycles. The highest BCUT2D eigenvalue weighted by Crippen LogP contribution is 2.29. The molecular formula is C15H13F2N5OS. The smallest absolute Gasteiger partial charge is 0.271 e. The molecule has 2 aromatic heterocycles. The Morgan fingerprint density at radius 2 is 2.04 bits per heavy atom. The van der Waals surface area contributed by atoms with Crippen molar-refractivity contribution in [2.24, 2.45) is 7.05 Å². The van der Waals surface area contributed by atoms with Crippen LogP contribution in [0, 0.1) is 11.6 Å². The molecule has 0 saturated heterocycles.